The van der Waals surface area contributed by atoms with Crippen molar-refractivity contribution in [1.82, 2.24) is 15.3 Å². The minimum absolute atomic E-state index is 0.0290. The summed E-state index contributed by atoms with van der Waals surface area (Å²) >= 11 is 0. The van der Waals surface area contributed by atoms with Gasteiger partial charge in [-0.1, -0.05) is 18.2 Å². The molecule has 2 aromatic carbocycles. The van der Waals surface area contributed by atoms with E-state index in [1.807, 2.05) is 25.1 Å². The predicted octanol–water partition coefficient (Wildman–Crippen LogP) is 3.27. The highest BCUT2D eigenvalue weighted by molar-refractivity contribution is 5.98. The first-order valence-corrected chi connectivity index (χ1v) is 7.46. The number of H-pyrrole nitrogens is 1. The quantitative estimate of drug-likeness (QED) is 0.568. The SMILES string of the molecule is Cc1ccc2nc(C(C)NC(=O)c3ccccc3[N+](=O)[O-])[nH]c2c1. The van der Waals surface area contributed by atoms with Crippen LogP contribution in [0.15, 0.2) is 42.5 Å². The van der Waals surface area contributed by atoms with Gasteiger partial charge in [0.2, 0.25) is 0 Å². The second-order valence-electron chi connectivity index (χ2n) is 5.61. The summed E-state index contributed by atoms with van der Waals surface area (Å²) in [5.41, 5.74) is 2.61. The number of amides is 1. The lowest BCUT2D eigenvalue weighted by Crippen LogP contribution is -2.27. The van der Waals surface area contributed by atoms with Crippen molar-refractivity contribution in [3.63, 3.8) is 0 Å². The molecule has 3 rings (SSSR count). The second kappa shape index (κ2) is 6.11. The zero-order chi connectivity index (χ0) is 17.3. The number of hydrogen-bond acceptors (Lipinski definition) is 4. The average molecular weight is 324 g/mol. The molecule has 0 bridgehead atoms. The second-order valence-corrected chi connectivity index (χ2v) is 5.61. The molecule has 0 fully saturated rings. The third-order valence-electron chi connectivity index (χ3n) is 3.76. The third kappa shape index (κ3) is 2.96. The normalized spacial score (nSPS) is 12.1. The van der Waals surface area contributed by atoms with E-state index in [1.54, 1.807) is 13.0 Å². The van der Waals surface area contributed by atoms with Crippen LogP contribution in [0.1, 0.15) is 34.7 Å². The number of nitro benzene ring substituents is 1. The van der Waals surface area contributed by atoms with Crippen molar-refractivity contribution in [2.45, 2.75) is 19.9 Å². The summed E-state index contributed by atoms with van der Waals surface area (Å²) in [6.07, 6.45) is 0. The highest BCUT2D eigenvalue weighted by atomic mass is 16.6. The van der Waals surface area contributed by atoms with Gasteiger partial charge in [-0.15, -0.1) is 0 Å². The summed E-state index contributed by atoms with van der Waals surface area (Å²) in [5.74, 6) is 0.0916. The van der Waals surface area contributed by atoms with E-state index in [2.05, 4.69) is 15.3 Å². The van der Waals surface area contributed by atoms with Gasteiger partial charge in [0.05, 0.1) is 22.0 Å². The molecule has 1 amide bonds. The van der Waals surface area contributed by atoms with E-state index in [1.165, 1.54) is 18.2 Å². The van der Waals surface area contributed by atoms with Crippen molar-refractivity contribution in [2.75, 3.05) is 0 Å². The van der Waals surface area contributed by atoms with Crippen molar-refractivity contribution in [3.8, 4) is 0 Å². The number of rotatable bonds is 4. The van der Waals surface area contributed by atoms with E-state index < -0.39 is 16.9 Å². The number of carbonyl (C=O) groups is 1. The van der Waals surface area contributed by atoms with Gasteiger partial charge >= 0.3 is 0 Å². The molecule has 0 aliphatic heterocycles. The van der Waals surface area contributed by atoms with Crippen LogP contribution < -0.4 is 5.32 Å². The Bertz CT molecular complexity index is 932. The molecular formula is C17H16N4O3. The Morgan fingerprint density at radius 1 is 1.29 bits per heavy atom. The van der Waals surface area contributed by atoms with Crippen LogP contribution in [0.5, 0.6) is 0 Å². The molecule has 1 heterocycles. The molecule has 24 heavy (non-hydrogen) atoms. The summed E-state index contributed by atoms with van der Waals surface area (Å²) in [4.78, 5) is 30.5. The fraction of sp³-hybridized carbons (Fsp3) is 0.176. The van der Waals surface area contributed by atoms with Crippen LogP contribution in [0.25, 0.3) is 11.0 Å². The highest BCUT2D eigenvalue weighted by Crippen LogP contribution is 2.20. The molecule has 3 aromatic rings. The number of imidazole rings is 1. The Balaban J connectivity index is 1.84. The van der Waals surface area contributed by atoms with Crippen molar-refractivity contribution < 1.29 is 9.72 Å². The van der Waals surface area contributed by atoms with E-state index in [4.69, 9.17) is 0 Å². The maximum absolute atomic E-state index is 12.4. The van der Waals surface area contributed by atoms with Crippen LogP contribution in [0.4, 0.5) is 5.69 Å². The summed E-state index contributed by atoms with van der Waals surface area (Å²) in [5, 5.41) is 13.8. The summed E-state index contributed by atoms with van der Waals surface area (Å²) in [6.45, 7) is 3.76. The zero-order valence-corrected chi connectivity index (χ0v) is 13.2. The van der Waals surface area contributed by atoms with Gasteiger partial charge in [-0.2, -0.15) is 0 Å². The number of aromatic nitrogens is 2. The van der Waals surface area contributed by atoms with E-state index in [9.17, 15) is 14.9 Å². The maximum atomic E-state index is 12.4. The fourth-order valence-corrected chi connectivity index (χ4v) is 2.52. The van der Waals surface area contributed by atoms with Gasteiger partial charge in [-0.25, -0.2) is 4.98 Å². The molecule has 0 spiro atoms. The standard InChI is InChI=1S/C17H16N4O3/c1-10-7-8-13-14(9-10)20-16(19-13)11(2)18-17(22)12-5-3-4-6-15(12)21(23)24/h3-9,11H,1-2H3,(H,18,22)(H,19,20). The van der Waals surface area contributed by atoms with Crippen molar-refractivity contribution in [2.24, 2.45) is 0 Å². The van der Waals surface area contributed by atoms with Gasteiger partial charge < -0.3 is 10.3 Å². The lowest BCUT2D eigenvalue weighted by atomic mass is 10.1. The van der Waals surface area contributed by atoms with Crippen LogP contribution in [0.3, 0.4) is 0 Å². The summed E-state index contributed by atoms with van der Waals surface area (Å²) < 4.78 is 0. The molecule has 122 valence electrons. The number of benzene rings is 2. The number of fused-ring (bicyclic) bond motifs is 1. The van der Waals surface area contributed by atoms with Gasteiger partial charge in [-0.05, 0) is 37.6 Å². The van der Waals surface area contributed by atoms with E-state index >= 15 is 0 Å². The monoisotopic (exact) mass is 324 g/mol. The van der Waals surface area contributed by atoms with Crippen LogP contribution in [0.2, 0.25) is 0 Å². The molecule has 0 aliphatic rings. The molecule has 2 N–H and O–H groups in total. The van der Waals surface area contributed by atoms with Crippen molar-refractivity contribution >= 4 is 22.6 Å². The average Bonchev–Trinajstić information content (AvgIpc) is 2.98. The number of aromatic amines is 1. The lowest BCUT2D eigenvalue weighted by molar-refractivity contribution is -0.385. The van der Waals surface area contributed by atoms with Gasteiger partial charge in [-0.3, -0.25) is 14.9 Å². The first-order valence-electron chi connectivity index (χ1n) is 7.46. The maximum Gasteiger partial charge on any atom is 0.282 e. The number of nitrogens with zero attached hydrogens (tertiary/aromatic N) is 2. The molecule has 7 heteroatoms. The van der Waals surface area contributed by atoms with Crippen LogP contribution in [0, 0.1) is 17.0 Å². The molecule has 0 radical (unpaired) electrons. The van der Waals surface area contributed by atoms with Crippen molar-refractivity contribution in [3.05, 3.63) is 69.5 Å². The van der Waals surface area contributed by atoms with Crippen LogP contribution >= 0.6 is 0 Å². The molecular weight excluding hydrogens is 308 g/mol. The van der Waals surface area contributed by atoms with E-state index in [0.29, 0.717) is 5.82 Å². The minimum Gasteiger partial charge on any atom is -0.342 e. The summed E-state index contributed by atoms with van der Waals surface area (Å²) in [6, 6.07) is 11.3. The Morgan fingerprint density at radius 3 is 2.79 bits per heavy atom. The van der Waals surface area contributed by atoms with Crippen LogP contribution in [-0.4, -0.2) is 20.8 Å². The number of nitrogens with one attached hydrogen (secondary N) is 2. The van der Waals surface area contributed by atoms with Gasteiger partial charge in [0.15, 0.2) is 0 Å². The predicted molar refractivity (Wildman–Crippen MR) is 89.8 cm³/mol. The van der Waals surface area contributed by atoms with Crippen LogP contribution in [-0.2, 0) is 0 Å². The van der Waals surface area contributed by atoms with E-state index in [0.717, 1.165) is 16.6 Å². The van der Waals surface area contributed by atoms with Gasteiger partial charge in [0.1, 0.15) is 11.4 Å². The minimum atomic E-state index is -0.566. The fourth-order valence-electron chi connectivity index (χ4n) is 2.52. The number of hydrogen-bond donors (Lipinski definition) is 2. The van der Waals surface area contributed by atoms with Gasteiger partial charge in [0.25, 0.3) is 11.6 Å². The van der Waals surface area contributed by atoms with Crippen molar-refractivity contribution in [1.29, 1.82) is 0 Å². The molecule has 1 unspecified atom stereocenters. The first kappa shape index (κ1) is 15.7. The number of carbonyl (C=O) groups excluding carboxylic acids is 1. The zero-order valence-electron chi connectivity index (χ0n) is 13.2. The smallest absolute Gasteiger partial charge is 0.282 e. The Labute approximate surface area is 137 Å². The molecule has 7 nitrogen and oxygen atoms in total. The molecule has 0 aliphatic carbocycles. The number of nitro groups is 1. The Morgan fingerprint density at radius 2 is 2.04 bits per heavy atom. The highest BCUT2D eigenvalue weighted by Gasteiger charge is 2.21. The lowest BCUT2D eigenvalue weighted by Gasteiger charge is -2.11. The number of para-hydroxylation sites is 1. The molecule has 1 aromatic heterocycles. The summed E-state index contributed by atoms with van der Waals surface area (Å²) in [7, 11) is 0. The molecule has 0 saturated heterocycles. The van der Waals surface area contributed by atoms with Gasteiger partial charge in [0, 0.05) is 6.07 Å². The van der Waals surface area contributed by atoms with E-state index in [-0.39, 0.29) is 11.3 Å². The molecule has 1 atom stereocenters. The molecule has 0 saturated carbocycles. The largest absolute Gasteiger partial charge is 0.342 e. The Hall–Kier alpha value is -3.22. The Kier molecular flexibility index (Phi) is 3.99. The first-order chi connectivity index (χ1) is 11.5. The number of aryl methyl sites for hydroxylation is 1. The third-order valence-corrected chi connectivity index (χ3v) is 3.76. The topological polar surface area (TPSA) is 101 Å².